The largest absolute Gasteiger partial charge is 0.338 e. The van der Waals surface area contributed by atoms with E-state index in [-0.39, 0.29) is 17.2 Å². The molecule has 2 heterocycles. The zero-order valence-corrected chi connectivity index (χ0v) is 20.1. The monoisotopic (exact) mass is 461 g/mol. The van der Waals surface area contributed by atoms with E-state index in [1.165, 1.54) is 11.8 Å². The van der Waals surface area contributed by atoms with Gasteiger partial charge in [-0.05, 0) is 57.0 Å². The molecular weight excluding hydrogens is 434 g/mol. The molecule has 8 heteroatoms. The molecule has 0 saturated heterocycles. The standard InChI is InChI=1S/C25H27N5O2S/c1-6-28(14-16(2)3)22(31)15-33-25-27-26-24-29(21-13-17(4)11-12-18(21)5)23(32)19-9-7-8-10-20(19)30(24)25/h7-13H,2,6,14-15H2,1,3-5H3. The third-order valence-electron chi connectivity index (χ3n) is 5.52. The Labute approximate surface area is 196 Å². The van der Waals surface area contributed by atoms with E-state index in [0.29, 0.717) is 34.9 Å². The Morgan fingerprint density at radius 3 is 2.64 bits per heavy atom. The number of carbonyl (C=O) groups excluding carboxylic acids is 1. The van der Waals surface area contributed by atoms with Crippen LogP contribution in [0.1, 0.15) is 25.0 Å². The summed E-state index contributed by atoms with van der Waals surface area (Å²) in [6.07, 6.45) is 0. The van der Waals surface area contributed by atoms with E-state index in [9.17, 15) is 9.59 Å². The minimum absolute atomic E-state index is 0.00871. The fourth-order valence-electron chi connectivity index (χ4n) is 3.87. The maximum atomic E-state index is 13.5. The van der Waals surface area contributed by atoms with Crippen LogP contribution in [0.4, 0.5) is 0 Å². The van der Waals surface area contributed by atoms with Crippen molar-refractivity contribution < 1.29 is 4.79 Å². The molecule has 0 bridgehead atoms. The Bertz CT molecular complexity index is 1440. The van der Waals surface area contributed by atoms with Crippen LogP contribution in [0, 0.1) is 13.8 Å². The summed E-state index contributed by atoms with van der Waals surface area (Å²) in [6.45, 7) is 12.9. The zero-order chi connectivity index (χ0) is 23.7. The van der Waals surface area contributed by atoms with E-state index in [1.807, 2.05) is 74.6 Å². The van der Waals surface area contributed by atoms with Gasteiger partial charge in [-0.1, -0.05) is 48.2 Å². The number of thioether (sulfide) groups is 1. The van der Waals surface area contributed by atoms with Gasteiger partial charge in [-0.15, -0.1) is 10.2 Å². The lowest BCUT2D eigenvalue weighted by molar-refractivity contribution is -0.127. The van der Waals surface area contributed by atoms with Gasteiger partial charge in [0.05, 0.1) is 22.3 Å². The molecule has 170 valence electrons. The Kier molecular flexibility index (Phi) is 6.37. The second-order valence-electron chi connectivity index (χ2n) is 8.22. The summed E-state index contributed by atoms with van der Waals surface area (Å²) in [5.74, 6) is 0.657. The number of fused-ring (bicyclic) bond motifs is 3. The van der Waals surface area contributed by atoms with Crippen molar-refractivity contribution in [1.82, 2.24) is 24.1 Å². The summed E-state index contributed by atoms with van der Waals surface area (Å²) >= 11 is 1.32. The molecule has 0 N–H and O–H groups in total. The lowest BCUT2D eigenvalue weighted by Crippen LogP contribution is -2.33. The molecule has 4 rings (SSSR count). The molecule has 0 saturated carbocycles. The van der Waals surface area contributed by atoms with Crippen LogP contribution in [0.25, 0.3) is 22.4 Å². The molecule has 0 radical (unpaired) electrons. The van der Waals surface area contributed by atoms with Gasteiger partial charge < -0.3 is 4.90 Å². The fraction of sp³-hybridized carbons (Fsp3) is 0.280. The average molecular weight is 462 g/mol. The highest BCUT2D eigenvalue weighted by atomic mass is 32.2. The van der Waals surface area contributed by atoms with E-state index in [2.05, 4.69) is 16.8 Å². The molecule has 33 heavy (non-hydrogen) atoms. The van der Waals surface area contributed by atoms with Crippen molar-refractivity contribution in [3.8, 4) is 5.69 Å². The molecule has 7 nitrogen and oxygen atoms in total. The number of rotatable bonds is 7. The van der Waals surface area contributed by atoms with E-state index >= 15 is 0 Å². The van der Waals surface area contributed by atoms with Gasteiger partial charge in [-0.3, -0.25) is 14.0 Å². The predicted octanol–water partition coefficient (Wildman–Crippen LogP) is 4.17. The van der Waals surface area contributed by atoms with Crippen molar-refractivity contribution in [2.45, 2.75) is 32.9 Å². The summed E-state index contributed by atoms with van der Waals surface area (Å²) in [4.78, 5) is 28.1. The highest BCUT2D eigenvalue weighted by Gasteiger charge is 2.20. The third-order valence-corrected chi connectivity index (χ3v) is 6.43. The van der Waals surface area contributed by atoms with Crippen LogP contribution in [0.2, 0.25) is 0 Å². The fourth-order valence-corrected chi connectivity index (χ4v) is 4.71. The van der Waals surface area contributed by atoms with Gasteiger partial charge in [-0.25, -0.2) is 4.57 Å². The summed E-state index contributed by atoms with van der Waals surface area (Å²) in [5, 5.41) is 9.89. The molecule has 0 atom stereocenters. The lowest BCUT2D eigenvalue weighted by Gasteiger charge is -2.20. The SMILES string of the molecule is C=C(C)CN(CC)C(=O)CSc1nnc2n(-c3cc(C)ccc3C)c(=O)c3ccccc3n12. The number of para-hydroxylation sites is 1. The number of carbonyl (C=O) groups is 1. The first-order chi connectivity index (χ1) is 15.8. The molecule has 0 spiro atoms. The number of aromatic nitrogens is 4. The average Bonchev–Trinajstić information content (AvgIpc) is 3.22. The molecule has 0 fully saturated rings. The smallest absolute Gasteiger partial charge is 0.267 e. The van der Waals surface area contributed by atoms with Crippen LogP contribution in [0.15, 0.2) is 64.6 Å². The van der Waals surface area contributed by atoms with Gasteiger partial charge in [0.25, 0.3) is 5.56 Å². The van der Waals surface area contributed by atoms with Gasteiger partial charge in [0, 0.05) is 13.1 Å². The first-order valence-corrected chi connectivity index (χ1v) is 11.8. The second kappa shape index (κ2) is 9.23. The number of likely N-dealkylation sites (N-methyl/N-ethyl adjacent to an activating group) is 1. The molecule has 4 aromatic rings. The highest BCUT2D eigenvalue weighted by Crippen LogP contribution is 2.25. The Hall–Kier alpha value is -3.39. The van der Waals surface area contributed by atoms with Crippen LogP contribution >= 0.6 is 11.8 Å². The van der Waals surface area contributed by atoms with Gasteiger partial charge in [0.2, 0.25) is 11.7 Å². The van der Waals surface area contributed by atoms with Crippen molar-refractivity contribution in [1.29, 1.82) is 0 Å². The number of hydrogen-bond acceptors (Lipinski definition) is 5. The zero-order valence-electron chi connectivity index (χ0n) is 19.3. The van der Waals surface area contributed by atoms with Crippen LogP contribution in [0.3, 0.4) is 0 Å². The predicted molar refractivity (Wildman–Crippen MR) is 133 cm³/mol. The molecule has 0 aliphatic carbocycles. The Balaban J connectivity index is 1.85. The molecule has 0 aliphatic rings. The number of amides is 1. The normalized spacial score (nSPS) is 11.3. The van der Waals surface area contributed by atoms with Gasteiger partial charge in [-0.2, -0.15) is 0 Å². The number of benzene rings is 2. The van der Waals surface area contributed by atoms with Crippen LogP contribution < -0.4 is 5.56 Å². The summed E-state index contributed by atoms with van der Waals surface area (Å²) < 4.78 is 3.48. The van der Waals surface area contributed by atoms with Gasteiger partial charge in [0.1, 0.15) is 0 Å². The minimum Gasteiger partial charge on any atom is -0.338 e. The summed E-state index contributed by atoms with van der Waals surface area (Å²) in [5.41, 5.74) is 4.29. The first-order valence-electron chi connectivity index (χ1n) is 10.8. The highest BCUT2D eigenvalue weighted by molar-refractivity contribution is 7.99. The number of hydrogen-bond donors (Lipinski definition) is 0. The van der Waals surface area contributed by atoms with E-state index in [1.54, 1.807) is 9.47 Å². The molecular formula is C25H27N5O2S. The van der Waals surface area contributed by atoms with Crippen molar-refractivity contribution in [3.05, 3.63) is 76.1 Å². The van der Waals surface area contributed by atoms with Crippen molar-refractivity contribution >= 4 is 34.3 Å². The van der Waals surface area contributed by atoms with Crippen LogP contribution in [-0.4, -0.2) is 48.8 Å². The quantitative estimate of drug-likeness (QED) is 0.305. The third kappa shape index (κ3) is 4.30. The number of nitrogens with zero attached hydrogens (tertiary/aromatic N) is 5. The van der Waals surface area contributed by atoms with Crippen molar-refractivity contribution in [3.63, 3.8) is 0 Å². The lowest BCUT2D eigenvalue weighted by atomic mass is 10.1. The van der Waals surface area contributed by atoms with E-state index in [4.69, 9.17) is 0 Å². The number of aryl methyl sites for hydroxylation is 2. The maximum absolute atomic E-state index is 13.5. The van der Waals surface area contributed by atoms with Gasteiger partial charge >= 0.3 is 0 Å². The van der Waals surface area contributed by atoms with E-state index in [0.717, 1.165) is 22.4 Å². The van der Waals surface area contributed by atoms with E-state index < -0.39 is 0 Å². The molecule has 0 unspecified atom stereocenters. The minimum atomic E-state index is -0.148. The summed E-state index contributed by atoms with van der Waals surface area (Å²) in [6, 6.07) is 13.4. The van der Waals surface area contributed by atoms with Gasteiger partial charge in [0.15, 0.2) is 5.16 Å². The van der Waals surface area contributed by atoms with Crippen LogP contribution in [0.5, 0.6) is 0 Å². The molecule has 2 aromatic carbocycles. The molecule has 0 aliphatic heterocycles. The summed E-state index contributed by atoms with van der Waals surface area (Å²) in [7, 11) is 0. The second-order valence-corrected chi connectivity index (χ2v) is 9.16. The topological polar surface area (TPSA) is 72.5 Å². The Morgan fingerprint density at radius 2 is 1.91 bits per heavy atom. The first kappa shape index (κ1) is 22.8. The Morgan fingerprint density at radius 1 is 1.15 bits per heavy atom. The van der Waals surface area contributed by atoms with Crippen LogP contribution in [-0.2, 0) is 4.79 Å². The molecule has 2 aromatic heterocycles. The van der Waals surface area contributed by atoms with Crippen molar-refractivity contribution in [2.24, 2.45) is 0 Å². The molecule has 1 amide bonds. The maximum Gasteiger partial charge on any atom is 0.267 e. The van der Waals surface area contributed by atoms with Crippen molar-refractivity contribution in [2.75, 3.05) is 18.8 Å².